The second-order valence-corrected chi connectivity index (χ2v) is 4.14. The zero-order chi connectivity index (χ0) is 8.97. The first-order chi connectivity index (χ1) is 5.77. The van der Waals surface area contributed by atoms with Gasteiger partial charge in [0.05, 0.1) is 0 Å². The van der Waals surface area contributed by atoms with Gasteiger partial charge >= 0.3 is 0 Å². The maximum Gasteiger partial charge on any atom is -0.0205 e. The first-order valence-corrected chi connectivity index (χ1v) is 5.46. The van der Waals surface area contributed by atoms with Crippen molar-refractivity contribution in [3.8, 4) is 0 Å². The second kappa shape index (κ2) is 4.69. The van der Waals surface area contributed by atoms with Crippen LogP contribution < -0.4 is 0 Å². The van der Waals surface area contributed by atoms with Crippen LogP contribution in [-0.4, -0.2) is 0 Å². The molecule has 0 bridgehead atoms. The Kier molecular flexibility index (Phi) is 3.84. The Labute approximate surface area is 77.1 Å². The fourth-order valence-corrected chi connectivity index (χ4v) is 1.82. The van der Waals surface area contributed by atoms with E-state index in [2.05, 4.69) is 26.8 Å². The van der Waals surface area contributed by atoms with Gasteiger partial charge in [-0.25, -0.2) is 0 Å². The molecule has 1 aliphatic rings. The van der Waals surface area contributed by atoms with Crippen molar-refractivity contribution in [1.29, 1.82) is 0 Å². The Balaban J connectivity index is 2.37. The van der Waals surface area contributed by atoms with Crippen LogP contribution in [0, 0.1) is 11.8 Å². The minimum absolute atomic E-state index is 0.857. The van der Waals surface area contributed by atoms with Crippen molar-refractivity contribution in [2.24, 2.45) is 11.8 Å². The van der Waals surface area contributed by atoms with Gasteiger partial charge in [0.15, 0.2) is 0 Å². The molecule has 0 aromatic carbocycles. The summed E-state index contributed by atoms with van der Waals surface area (Å²) >= 11 is 0. The van der Waals surface area contributed by atoms with Crippen molar-refractivity contribution in [1.82, 2.24) is 0 Å². The number of hydrogen-bond acceptors (Lipinski definition) is 0. The van der Waals surface area contributed by atoms with Crippen molar-refractivity contribution in [2.75, 3.05) is 0 Å². The maximum absolute atomic E-state index is 2.53. The van der Waals surface area contributed by atoms with Crippen LogP contribution in [0.2, 0.25) is 0 Å². The van der Waals surface area contributed by atoms with Gasteiger partial charge in [-0.15, -0.1) is 0 Å². The van der Waals surface area contributed by atoms with Crippen LogP contribution in [0.4, 0.5) is 0 Å². The molecule has 1 unspecified atom stereocenters. The van der Waals surface area contributed by atoms with Crippen LogP contribution in [0.15, 0.2) is 11.6 Å². The number of hydrogen-bond donors (Lipinski definition) is 0. The summed E-state index contributed by atoms with van der Waals surface area (Å²) in [5.74, 6) is 1.83. The lowest BCUT2D eigenvalue weighted by molar-refractivity contribution is 0.557. The zero-order valence-electron chi connectivity index (χ0n) is 8.77. The number of allylic oxidation sites excluding steroid dienone is 2. The van der Waals surface area contributed by atoms with Crippen molar-refractivity contribution < 1.29 is 0 Å². The van der Waals surface area contributed by atoms with E-state index in [4.69, 9.17) is 0 Å². The SMILES string of the molecule is CCCC(C=C(C)C1CC1)CC. The zero-order valence-corrected chi connectivity index (χ0v) is 8.77. The van der Waals surface area contributed by atoms with E-state index in [1.807, 2.05) is 0 Å². The molecular weight excluding hydrogens is 144 g/mol. The van der Waals surface area contributed by atoms with Gasteiger partial charge in [-0.1, -0.05) is 31.9 Å². The molecule has 0 aromatic heterocycles. The molecule has 1 fully saturated rings. The van der Waals surface area contributed by atoms with Crippen LogP contribution in [0.3, 0.4) is 0 Å². The van der Waals surface area contributed by atoms with Gasteiger partial charge in [-0.05, 0) is 44.4 Å². The molecule has 0 radical (unpaired) electrons. The summed E-state index contributed by atoms with van der Waals surface area (Å²) in [4.78, 5) is 0. The van der Waals surface area contributed by atoms with Crippen LogP contribution >= 0.6 is 0 Å². The molecule has 0 aliphatic heterocycles. The topological polar surface area (TPSA) is 0 Å². The monoisotopic (exact) mass is 166 g/mol. The standard InChI is InChI=1S/C12H22/c1-4-6-11(5-2)9-10(3)12-7-8-12/h9,11-12H,4-8H2,1-3H3. The van der Waals surface area contributed by atoms with E-state index in [0.717, 1.165) is 11.8 Å². The Morgan fingerprint density at radius 2 is 2.08 bits per heavy atom. The summed E-state index contributed by atoms with van der Waals surface area (Å²) in [5.41, 5.74) is 1.66. The van der Waals surface area contributed by atoms with E-state index in [9.17, 15) is 0 Å². The summed E-state index contributed by atoms with van der Waals surface area (Å²) in [7, 11) is 0. The quantitative estimate of drug-likeness (QED) is 0.538. The molecule has 1 rings (SSSR count). The minimum Gasteiger partial charge on any atom is -0.0822 e. The van der Waals surface area contributed by atoms with Crippen LogP contribution in [0.5, 0.6) is 0 Å². The van der Waals surface area contributed by atoms with Crippen LogP contribution in [-0.2, 0) is 0 Å². The summed E-state index contributed by atoms with van der Waals surface area (Å²) in [5, 5.41) is 0. The van der Waals surface area contributed by atoms with Gasteiger partial charge < -0.3 is 0 Å². The third kappa shape index (κ3) is 3.00. The summed E-state index contributed by atoms with van der Waals surface area (Å²) < 4.78 is 0. The Morgan fingerprint density at radius 3 is 2.50 bits per heavy atom. The van der Waals surface area contributed by atoms with Gasteiger partial charge in [0, 0.05) is 0 Å². The molecule has 0 amide bonds. The van der Waals surface area contributed by atoms with E-state index in [-0.39, 0.29) is 0 Å². The van der Waals surface area contributed by atoms with Crippen LogP contribution in [0.25, 0.3) is 0 Å². The van der Waals surface area contributed by atoms with E-state index in [1.54, 1.807) is 5.57 Å². The molecular formula is C12H22. The second-order valence-electron chi connectivity index (χ2n) is 4.14. The first kappa shape index (κ1) is 9.83. The first-order valence-electron chi connectivity index (χ1n) is 5.46. The van der Waals surface area contributed by atoms with Gasteiger partial charge in [0.25, 0.3) is 0 Å². The third-order valence-corrected chi connectivity index (χ3v) is 2.90. The van der Waals surface area contributed by atoms with E-state index >= 15 is 0 Å². The average molecular weight is 166 g/mol. The molecule has 12 heavy (non-hydrogen) atoms. The highest BCUT2D eigenvalue weighted by atomic mass is 14.3. The highest BCUT2D eigenvalue weighted by molar-refractivity contribution is 5.10. The van der Waals surface area contributed by atoms with E-state index in [0.29, 0.717) is 0 Å². The summed E-state index contributed by atoms with van der Waals surface area (Å²) in [6.07, 6.45) is 9.45. The molecule has 0 heteroatoms. The van der Waals surface area contributed by atoms with Crippen molar-refractivity contribution >= 4 is 0 Å². The maximum atomic E-state index is 2.53. The van der Waals surface area contributed by atoms with Gasteiger partial charge in [0.1, 0.15) is 0 Å². The highest BCUT2D eigenvalue weighted by Gasteiger charge is 2.23. The van der Waals surface area contributed by atoms with Crippen LogP contribution in [0.1, 0.15) is 52.9 Å². The predicted molar refractivity (Wildman–Crippen MR) is 55.2 cm³/mol. The third-order valence-electron chi connectivity index (χ3n) is 2.90. The van der Waals surface area contributed by atoms with Crippen molar-refractivity contribution in [3.05, 3.63) is 11.6 Å². The lowest BCUT2D eigenvalue weighted by atomic mass is 9.97. The summed E-state index contributed by atoms with van der Waals surface area (Å²) in [6, 6.07) is 0. The van der Waals surface area contributed by atoms with Gasteiger partial charge in [-0.3, -0.25) is 0 Å². The predicted octanol–water partition coefficient (Wildman–Crippen LogP) is 4.17. The van der Waals surface area contributed by atoms with Gasteiger partial charge in [0.2, 0.25) is 0 Å². The van der Waals surface area contributed by atoms with Gasteiger partial charge in [-0.2, -0.15) is 0 Å². The smallest absolute Gasteiger partial charge is 0.0205 e. The van der Waals surface area contributed by atoms with E-state index < -0.39 is 0 Å². The molecule has 0 nitrogen and oxygen atoms in total. The highest BCUT2D eigenvalue weighted by Crippen LogP contribution is 2.37. The molecule has 1 atom stereocenters. The molecule has 1 aliphatic carbocycles. The molecule has 0 aromatic rings. The van der Waals surface area contributed by atoms with Crippen molar-refractivity contribution in [2.45, 2.75) is 52.9 Å². The Hall–Kier alpha value is -0.260. The largest absolute Gasteiger partial charge is 0.0822 e. The normalized spacial score (nSPS) is 21.1. The Morgan fingerprint density at radius 1 is 1.42 bits per heavy atom. The molecule has 0 saturated heterocycles. The molecule has 0 heterocycles. The Bertz CT molecular complexity index is 151. The lowest BCUT2D eigenvalue weighted by Gasteiger charge is -2.09. The number of rotatable bonds is 5. The van der Waals surface area contributed by atoms with Crippen molar-refractivity contribution in [3.63, 3.8) is 0 Å². The summed E-state index contributed by atoms with van der Waals surface area (Å²) in [6.45, 7) is 6.90. The fraction of sp³-hybridized carbons (Fsp3) is 0.833. The molecule has 0 spiro atoms. The fourth-order valence-electron chi connectivity index (χ4n) is 1.82. The average Bonchev–Trinajstić information content (AvgIpc) is 2.85. The minimum atomic E-state index is 0.857. The molecule has 70 valence electrons. The molecule has 0 N–H and O–H groups in total. The molecule has 1 saturated carbocycles. The lowest BCUT2D eigenvalue weighted by Crippen LogP contribution is -1.95. The van der Waals surface area contributed by atoms with E-state index in [1.165, 1.54) is 32.1 Å².